The molecule has 3 N–H and O–H groups in total. The van der Waals surface area contributed by atoms with Crippen LogP contribution in [0.2, 0.25) is 0 Å². The number of ether oxygens (including phenoxy) is 2. The molecule has 6 heteroatoms. The van der Waals surface area contributed by atoms with E-state index in [1.54, 1.807) is 0 Å². The van der Waals surface area contributed by atoms with Gasteiger partial charge in [0, 0.05) is 12.8 Å². The maximum atomic E-state index is 11.5. The van der Waals surface area contributed by atoms with Gasteiger partial charge in [-0.3, -0.25) is 4.79 Å². The minimum atomic E-state index is -0.540. The number of benzene rings is 1. The molecule has 1 aromatic rings. The van der Waals surface area contributed by atoms with Gasteiger partial charge in [0.1, 0.15) is 5.75 Å². The molecule has 0 spiro atoms. The number of unbranched alkanes of at least 4 members (excludes halogenated alkanes) is 1. The summed E-state index contributed by atoms with van der Waals surface area (Å²) < 4.78 is 10.8. The van der Waals surface area contributed by atoms with Gasteiger partial charge in [0.2, 0.25) is 0 Å². The molecule has 0 aromatic heterocycles. The van der Waals surface area contributed by atoms with Crippen LogP contribution in [0, 0.1) is 11.8 Å². The van der Waals surface area contributed by atoms with Crippen molar-refractivity contribution in [1.82, 2.24) is 0 Å². The Bertz CT molecular complexity index is 674. The summed E-state index contributed by atoms with van der Waals surface area (Å²) in [6.07, 6.45) is 7.20. The first-order valence-electron chi connectivity index (χ1n) is 11.9. The number of carbonyl (C=O) groups is 1. The lowest BCUT2D eigenvalue weighted by Gasteiger charge is -2.23. The molecule has 0 aliphatic heterocycles. The van der Waals surface area contributed by atoms with E-state index in [9.17, 15) is 20.1 Å². The van der Waals surface area contributed by atoms with Crippen molar-refractivity contribution in [2.45, 2.75) is 89.6 Å². The van der Waals surface area contributed by atoms with Crippen molar-refractivity contribution in [2.24, 2.45) is 11.8 Å². The van der Waals surface area contributed by atoms with Crippen LogP contribution in [0.25, 0.3) is 0 Å². The summed E-state index contributed by atoms with van der Waals surface area (Å²) in [6, 6.07) is 9.52. The van der Waals surface area contributed by atoms with Crippen molar-refractivity contribution in [3.8, 4) is 5.75 Å². The monoisotopic (exact) mass is 448 g/mol. The van der Waals surface area contributed by atoms with Gasteiger partial charge in [-0.25, -0.2) is 0 Å². The lowest BCUT2D eigenvalue weighted by molar-refractivity contribution is -0.147. The summed E-state index contributed by atoms with van der Waals surface area (Å²) in [5.74, 6) is 0.577. The molecule has 0 heterocycles. The predicted molar refractivity (Wildman–Crippen MR) is 124 cm³/mol. The molecule has 0 amide bonds. The molecule has 0 saturated heterocycles. The summed E-state index contributed by atoms with van der Waals surface area (Å²) in [5.41, 5.74) is 0. The predicted octanol–water partition coefficient (Wildman–Crippen LogP) is 4.02. The Morgan fingerprint density at radius 3 is 2.53 bits per heavy atom. The standard InChI is InChI=1S/C26H40O6/c1-19(2)32-26(30)13-9-4-3-8-12-22-23(25(29)18-24(22)28)15-14-20(27)16-17-31-21-10-6-5-7-11-21/h3,5-8,10-11,19-20,22-25,27-29H,4,9,12-18H2,1-2H3/b8-3-/t20-,22-,23-,24+,25-/m1/s1. The van der Waals surface area contributed by atoms with Gasteiger partial charge in [-0.15, -0.1) is 0 Å². The maximum absolute atomic E-state index is 11.5. The highest BCUT2D eigenvalue weighted by molar-refractivity contribution is 5.69. The number of esters is 1. The van der Waals surface area contributed by atoms with Crippen molar-refractivity contribution in [1.29, 1.82) is 0 Å². The van der Waals surface area contributed by atoms with Crippen LogP contribution in [0.15, 0.2) is 42.5 Å². The van der Waals surface area contributed by atoms with Crippen molar-refractivity contribution < 1.29 is 29.6 Å². The molecular weight excluding hydrogens is 408 g/mol. The molecule has 180 valence electrons. The summed E-state index contributed by atoms with van der Waals surface area (Å²) >= 11 is 0. The third kappa shape index (κ3) is 9.72. The normalized spacial score (nSPS) is 24.2. The van der Waals surface area contributed by atoms with Crippen molar-refractivity contribution in [2.75, 3.05) is 6.61 Å². The quantitative estimate of drug-likeness (QED) is 0.226. The number of hydrogen-bond acceptors (Lipinski definition) is 6. The fourth-order valence-electron chi connectivity index (χ4n) is 4.32. The Kier molecular flexibility index (Phi) is 11.8. The van der Waals surface area contributed by atoms with Crippen LogP contribution in [0.5, 0.6) is 5.75 Å². The molecule has 1 saturated carbocycles. The Labute approximate surface area is 192 Å². The molecule has 0 bridgehead atoms. The van der Waals surface area contributed by atoms with Crippen molar-refractivity contribution in [3.63, 3.8) is 0 Å². The van der Waals surface area contributed by atoms with E-state index in [-0.39, 0.29) is 23.9 Å². The van der Waals surface area contributed by atoms with Crippen LogP contribution >= 0.6 is 0 Å². The summed E-state index contributed by atoms with van der Waals surface area (Å²) in [4.78, 5) is 11.5. The summed E-state index contributed by atoms with van der Waals surface area (Å²) in [7, 11) is 0. The Hall–Kier alpha value is -1.89. The number of aliphatic hydroxyl groups is 3. The van der Waals surface area contributed by atoms with Crippen LogP contribution in [-0.2, 0) is 9.53 Å². The lowest BCUT2D eigenvalue weighted by atomic mass is 9.86. The molecule has 0 radical (unpaired) electrons. The van der Waals surface area contributed by atoms with Crippen LogP contribution in [0.1, 0.15) is 65.2 Å². The fourth-order valence-corrected chi connectivity index (χ4v) is 4.32. The first-order valence-corrected chi connectivity index (χ1v) is 11.9. The molecule has 1 aliphatic carbocycles. The average molecular weight is 449 g/mol. The number of para-hydroxylation sites is 1. The molecule has 2 rings (SSSR count). The van der Waals surface area contributed by atoms with E-state index >= 15 is 0 Å². The van der Waals surface area contributed by atoms with E-state index in [1.165, 1.54) is 0 Å². The van der Waals surface area contributed by atoms with Gasteiger partial charge < -0.3 is 24.8 Å². The minimum Gasteiger partial charge on any atom is -0.493 e. The zero-order valence-corrected chi connectivity index (χ0v) is 19.4. The van der Waals surface area contributed by atoms with Gasteiger partial charge in [-0.1, -0.05) is 30.4 Å². The number of rotatable bonds is 14. The maximum Gasteiger partial charge on any atom is 0.306 e. The van der Waals surface area contributed by atoms with Crippen LogP contribution in [0.4, 0.5) is 0 Å². The highest BCUT2D eigenvalue weighted by atomic mass is 16.5. The number of hydrogen-bond donors (Lipinski definition) is 3. The second-order valence-electron chi connectivity index (χ2n) is 9.02. The third-order valence-corrected chi connectivity index (χ3v) is 6.01. The van der Waals surface area contributed by atoms with Gasteiger partial charge in [-0.05, 0) is 76.3 Å². The Morgan fingerprint density at radius 1 is 1.09 bits per heavy atom. The third-order valence-electron chi connectivity index (χ3n) is 6.01. The van der Waals surface area contributed by atoms with E-state index in [0.29, 0.717) is 45.1 Å². The van der Waals surface area contributed by atoms with Gasteiger partial charge in [-0.2, -0.15) is 0 Å². The minimum absolute atomic E-state index is 0.0140. The van der Waals surface area contributed by atoms with E-state index in [2.05, 4.69) is 0 Å². The molecule has 1 aliphatic rings. The van der Waals surface area contributed by atoms with Gasteiger partial charge in [0.15, 0.2) is 0 Å². The topological polar surface area (TPSA) is 96.2 Å². The van der Waals surface area contributed by atoms with E-state index in [1.807, 2.05) is 56.3 Å². The summed E-state index contributed by atoms with van der Waals surface area (Å²) in [5, 5.41) is 31.1. The van der Waals surface area contributed by atoms with Crippen LogP contribution in [-0.4, -0.2) is 52.3 Å². The first kappa shape index (κ1) is 26.4. The van der Waals surface area contributed by atoms with Crippen molar-refractivity contribution in [3.05, 3.63) is 42.5 Å². The Morgan fingerprint density at radius 2 is 1.81 bits per heavy atom. The molecular formula is C26H40O6. The zero-order chi connectivity index (χ0) is 23.3. The first-order chi connectivity index (χ1) is 15.4. The van der Waals surface area contributed by atoms with Crippen LogP contribution < -0.4 is 4.74 Å². The molecule has 5 atom stereocenters. The SMILES string of the molecule is CC(C)OC(=O)CCC/C=C\C[C@@H]1[C@@H](CC[C@@H](O)CCOc2ccccc2)[C@H](O)C[C@@H]1O. The molecule has 1 fully saturated rings. The van der Waals surface area contributed by atoms with Gasteiger partial charge in [0.05, 0.1) is 31.0 Å². The Balaban J connectivity index is 1.67. The number of aliphatic hydroxyl groups excluding tert-OH is 3. The highest BCUT2D eigenvalue weighted by Crippen LogP contribution is 2.38. The second-order valence-corrected chi connectivity index (χ2v) is 9.02. The van der Waals surface area contributed by atoms with E-state index in [4.69, 9.17) is 9.47 Å². The fraction of sp³-hybridized carbons (Fsp3) is 0.654. The molecule has 32 heavy (non-hydrogen) atoms. The summed E-state index contributed by atoms with van der Waals surface area (Å²) in [6.45, 7) is 4.12. The van der Waals surface area contributed by atoms with Crippen molar-refractivity contribution >= 4 is 5.97 Å². The lowest BCUT2D eigenvalue weighted by Crippen LogP contribution is -2.24. The van der Waals surface area contributed by atoms with E-state index < -0.39 is 18.3 Å². The van der Waals surface area contributed by atoms with Crippen LogP contribution in [0.3, 0.4) is 0 Å². The number of allylic oxidation sites excluding steroid dienone is 2. The van der Waals surface area contributed by atoms with Gasteiger partial charge >= 0.3 is 5.97 Å². The highest BCUT2D eigenvalue weighted by Gasteiger charge is 2.40. The average Bonchev–Trinajstić information content (AvgIpc) is 3.01. The largest absolute Gasteiger partial charge is 0.493 e. The smallest absolute Gasteiger partial charge is 0.306 e. The second kappa shape index (κ2) is 14.3. The molecule has 1 aromatic carbocycles. The number of carbonyl (C=O) groups excluding carboxylic acids is 1. The van der Waals surface area contributed by atoms with E-state index in [0.717, 1.165) is 18.6 Å². The zero-order valence-electron chi connectivity index (χ0n) is 19.4. The molecule has 0 unspecified atom stereocenters. The van der Waals surface area contributed by atoms with Gasteiger partial charge in [0.25, 0.3) is 0 Å². The molecule has 6 nitrogen and oxygen atoms in total.